The first-order chi connectivity index (χ1) is 28.9. The van der Waals surface area contributed by atoms with Crippen molar-refractivity contribution in [2.75, 3.05) is 53.0 Å². The number of rotatable bonds is 44. The molecule has 0 amide bonds. The van der Waals surface area contributed by atoms with E-state index in [-0.39, 0.29) is 11.9 Å². The Hall–Kier alpha value is -1.14. The summed E-state index contributed by atoms with van der Waals surface area (Å²) in [5, 5.41) is 0. The summed E-state index contributed by atoms with van der Waals surface area (Å²) >= 11 is 0. The number of ether oxygens (including phenoxy) is 2. The Kier molecular flexibility index (Phi) is 39.9. The molecule has 0 bridgehead atoms. The van der Waals surface area contributed by atoms with Gasteiger partial charge in [-0.3, -0.25) is 9.59 Å². The van der Waals surface area contributed by atoms with Crippen LogP contribution in [0.3, 0.4) is 0 Å². The van der Waals surface area contributed by atoms with Crippen LogP contribution >= 0.6 is 0 Å². The molecule has 1 saturated heterocycles. The van der Waals surface area contributed by atoms with Gasteiger partial charge in [0.25, 0.3) is 0 Å². The lowest BCUT2D eigenvalue weighted by Crippen LogP contribution is -2.39. The smallest absolute Gasteiger partial charge is 0.307 e. The average molecular weight is 833 g/mol. The van der Waals surface area contributed by atoms with Gasteiger partial charge in [0.1, 0.15) is 0 Å². The van der Waals surface area contributed by atoms with E-state index in [4.69, 9.17) is 9.47 Å². The number of hydrogen-bond acceptors (Lipinski definition) is 6. The summed E-state index contributed by atoms with van der Waals surface area (Å²) < 4.78 is 12.1. The van der Waals surface area contributed by atoms with Crippen molar-refractivity contribution >= 4 is 11.9 Å². The highest BCUT2D eigenvalue weighted by atomic mass is 16.5. The van der Waals surface area contributed by atoms with Crippen molar-refractivity contribution in [3.8, 4) is 0 Å². The van der Waals surface area contributed by atoms with Crippen molar-refractivity contribution < 1.29 is 19.1 Å². The maximum Gasteiger partial charge on any atom is 0.307 e. The van der Waals surface area contributed by atoms with Gasteiger partial charge in [-0.25, -0.2) is 0 Å². The second kappa shape index (κ2) is 42.2. The van der Waals surface area contributed by atoms with Gasteiger partial charge in [0, 0.05) is 19.6 Å². The first kappa shape index (κ1) is 55.9. The molecule has 6 heteroatoms. The summed E-state index contributed by atoms with van der Waals surface area (Å²) in [5.41, 5.74) is 0. The molecule has 0 aliphatic carbocycles. The second-order valence-electron chi connectivity index (χ2n) is 19.3. The zero-order chi connectivity index (χ0) is 42.9. The van der Waals surface area contributed by atoms with Gasteiger partial charge in [-0.15, -0.1) is 0 Å². The molecule has 6 nitrogen and oxygen atoms in total. The maximum absolute atomic E-state index is 13.3. The minimum atomic E-state index is -0.0664. The minimum absolute atomic E-state index is 0.0664. The van der Waals surface area contributed by atoms with Gasteiger partial charge in [0.2, 0.25) is 0 Å². The Balaban J connectivity index is 2.65. The Morgan fingerprint density at radius 3 is 1.07 bits per heavy atom. The van der Waals surface area contributed by atoms with Crippen LogP contribution in [0.4, 0.5) is 0 Å². The predicted molar refractivity (Wildman–Crippen MR) is 255 cm³/mol. The monoisotopic (exact) mass is 833 g/mol. The number of hydrogen-bond donors (Lipinski definition) is 0. The number of carbonyl (C=O) groups is 2. The van der Waals surface area contributed by atoms with Crippen molar-refractivity contribution in [2.45, 2.75) is 259 Å². The highest BCUT2D eigenvalue weighted by Gasteiger charge is 2.22. The quantitative estimate of drug-likeness (QED) is 0.0450. The number of esters is 2. The summed E-state index contributed by atoms with van der Waals surface area (Å²) in [6.45, 7) is 14.8. The van der Waals surface area contributed by atoms with Gasteiger partial charge in [-0.05, 0) is 76.4 Å². The Morgan fingerprint density at radius 1 is 0.475 bits per heavy atom. The fourth-order valence-corrected chi connectivity index (χ4v) is 9.15. The number of unbranched alkanes of at least 4 members (excludes halogenated alkanes) is 24. The molecule has 350 valence electrons. The Labute approximate surface area is 369 Å². The molecular weight excluding hydrogens is 729 g/mol. The van der Waals surface area contributed by atoms with Gasteiger partial charge >= 0.3 is 11.9 Å². The van der Waals surface area contributed by atoms with Crippen LogP contribution < -0.4 is 0 Å². The lowest BCUT2D eigenvalue weighted by Gasteiger charge is -2.33. The van der Waals surface area contributed by atoms with Crippen LogP contribution in [-0.2, 0) is 19.1 Å². The number of carbonyl (C=O) groups excluding carboxylic acids is 2. The van der Waals surface area contributed by atoms with Crippen molar-refractivity contribution in [1.82, 2.24) is 9.80 Å². The molecule has 1 fully saturated rings. The third kappa shape index (κ3) is 36.1. The molecule has 59 heavy (non-hydrogen) atoms. The topological polar surface area (TPSA) is 59.1 Å². The van der Waals surface area contributed by atoms with E-state index in [2.05, 4.69) is 44.5 Å². The van der Waals surface area contributed by atoms with E-state index in [1.807, 2.05) is 0 Å². The predicted octanol–water partition coefficient (Wildman–Crippen LogP) is 15.3. The van der Waals surface area contributed by atoms with Crippen LogP contribution in [0.5, 0.6) is 0 Å². The molecule has 0 aromatic carbocycles. The molecule has 0 N–H and O–H groups in total. The van der Waals surface area contributed by atoms with Crippen LogP contribution in [0.15, 0.2) is 0 Å². The molecular formula is C53H104N2O4. The first-order valence-electron chi connectivity index (χ1n) is 26.6. The maximum atomic E-state index is 13.3. The largest absolute Gasteiger partial charge is 0.465 e. The van der Waals surface area contributed by atoms with Crippen LogP contribution in [0.2, 0.25) is 0 Å². The van der Waals surface area contributed by atoms with Gasteiger partial charge in [-0.1, -0.05) is 207 Å². The molecule has 0 spiro atoms. The van der Waals surface area contributed by atoms with Crippen molar-refractivity contribution in [3.63, 3.8) is 0 Å². The second-order valence-corrected chi connectivity index (χ2v) is 19.3. The fraction of sp³-hybridized carbons (Fsp3) is 0.962. The van der Waals surface area contributed by atoms with E-state index >= 15 is 0 Å². The van der Waals surface area contributed by atoms with Crippen LogP contribution in [0.25, 0.3) is 0 Å². The summed E-state index contributed by atoms with van der Waals surface area (Å²) in [4.78, 5) is 31.3. The molecule has 1 rings (SSSR count). The van der Waals surface area contributed by atoms with E-state index < -0.39 is 0 Å². The lowest BCUT2D eigenvalue weighted by atomic mass is 9.94. The summed E-state index contributed by atoms with van der Waals surface area (Å²) in [7, 11) is 2.21. The highest BCUT2D eigenvalue weighted by Crippen LogP contribution is 2.23. The zero-order valence-corrected chi connectivity index (χ0v) is 40.7. The van der Waals surface area contributed by atoms with Crippen molar-refractivity contribution in [3.05, 3.63) is 0 Å². The van der Waals surface area contributed by atoms with Gasteiger partial charge in [0.05, 0.1) is 26.1 Å². The van der Waals surface area contributed by atoms with E-state index in [0.717, 1.165) is 19.6 Å². The number of piperidine rings is 1. The van der Waals surface area contributed by atoms with Crippen LogP contribution in [0, 0.1) is 17.8 Å². The van der Waals surface area contributed by atoms with Gasteiger partial charge < -0.3 is 19.3 Å². The average Bonchev–Trinajstić information content (AvgIpc) is 3.24. The highest BCUT2D eigenvalue weighted by molar-refractivity contribution is 5.70. The standard InChI is InChI=1S/C53H104N2O4/c1-6-10-14-18-22-24-28-32-36-50(34-30-26-20-16-12-8-3)47-58-52(56)40-44-55(46-49-38-42-54(5)43-39-49)45-41-53(57)59-48-51(35-31-27-21-17-13-9-4)37-33-29-25-23-19-15-11-7-2/h49-51H,6-48H2,1-5H3. The minimum Gasteiger partial charge on any atom is -0.465 e. The summed E-state index contributed by atoms with van der Waals surface area (Å²) in [6, 6.07) is 0. The third-order valence-corrected chi connectivity index (χ3v) is 13.4. The van der Waals surface area contributed by atoms with Crippen molar-refractivity contribution in [2.24, 2.45) is 17.8 Å². The van der Waals surface area contributed by atoms with Crippen LogP contribution in [0.1, 0.15) is 259 Å². The van der Waals surface area contributed by atoms with E-state index in [9.17, 15) is 9.59 Å². The van der Waals surface area contributed by atoms with E-state index in [0.29, 0.717) is 56.9 Å². The molecule has 0 radical (unpaired) electrons. The SMILES string of the molecule is CCCCCCCCCCC(CCCCCCCC)COC(=O)CCN(CCC(=O)OCC(CCCCCCCC)CCCCCCCCCC)CC1CCN(C)CC1. The number of nitrogens with zero attached hydrogens (tertiary/aromatic N) is 2. The normalized spacial score (nSPS) is 14.9. The molecule has 1 aliphatic rings. The summed E-state index contributed by atoms with van der Waals surface area (Å²) in [6.07, 6.45) is 45.0. The Bertz CT molecular complexity index is 846. The molecule has 2 atom stereocenters. The third-order valence-electron chi connectivity index (χ3n) is 13.4. The van der Waals surface area contributed by atoms with Crippen molar-refractivity contribution in [1.29, 1.82) is 0 Å². The van der Waals surface area contributed by atoms with Crippen LogP contribution in [-0.4, -0.2) is 74.7 Å². The van der Waals surface area contributed by atoms with E-state index in [1.54, 1.807) is 0 Å². The summed E-state index contributed by atoms with van der Waals surface area (Å²) in [5.74, 6) is 1.44. The van der Waals surface area contributed by atoms with Gasteiger partial charge in [-0.2, -0.15) is 0 Å². The molecule has 1 aliphatic heterocycles. The first-order valence-corrected chi connectivity index (χ1v) is 26.6. The number of likely N-dealkylation sites (tertiary alicyclic amines) is 1. The molecule has 1 heterocycles. The molecule has 2 unspecified atom stereocenters. The fourth-order valence-electron chi connectivity index (χ4n) is 9.15. The molecule has 0 saturated carbocycles. The zero-order valence-electron chi connectivity index (χ0n) is 40.7. The Morgan fingerprint density at radius 2 is 0.763 bits per heavy atom. The van der Waals surface area contributed by atoms with E-state index in [1.165, 1.54) is 218 Å². The lowest BCUT2D eigenvalue weighted by molar-refractivity contribution is -0.145. The van der Waals surface area contributed by atoms with Gasteiger partial charge in [0.15, 0.2) is 0 Å². The molecule has 0 aromatic heterocycles. The molecule has 0 aromatic rings.